The molecule has 0 saturated carbocycles. The lowest BCUT2D eigenvalue weighted by atomic mass is 10.1. The fourth-order valence-electron chi connectivity index (χ4n) is 1.95. The number of H-pyrrole nitrogens is 1. The minimum absolute atomic E-state index is 0.0481. The summed E-state index contributed by atoms with van der Waals surface area (Å²) in [4.78, 5) is 13.3. The van der Waals surface area contributed by atoms with Gasteiger partial charge in [-0.2, -0.15) is 0 Å². The molecule has 0 aliphatic carbocycles. The van der Waals surface area contributed by atoms with Crippen LogP contribution in [-0.2, 0) is 14.8 Å². The topological polar surface area (TPSA) is 88.3 Å². The Labute approximate surface area is 105 Å². The number of rotatable bonds is 4. The molecule has 1 saturated heterocycles. The van der Waals surface area contributed by atoms with E-state index >= 15 is 0 Å². The first-order valence-corrected chi connectivity index (χ1v) is 7.30. The molecule has 0 radical (unpaired) electrons. The van der Waals surface area contributed by atoms with Crippen molar-refractivity contribution >= 4 is 10.0 Å². The molecule has 7 heteroatoms. The monoisotopic (exact) mass is 272 g/mol. The second kappa shape index (κ2) is 5.21. The summed E-state index contributed by atoms with van der Waals surface area (Å²) in [5, 5.41) is 0. The zero-order valence-corrected chi connectivity index (χ0v) is 10.9. The summed E-state index contributed by atoms with van der Waals surface area (Å²) in [6.45, 7) is 2.45. The van der Waals surface area contributed by atoms with Crippen molar-refractivity contribution in [1.82, 2.24) is 9.71 Å². The highest BCUT2D eigenvalue weighted by Crippen LogP contribution is 2.17. The summed E-state index contributed by atoms with van der Waals surface area (Å²) in [7, 11) is -3.61. The summed E-state index contributed by atoms with van der Waals surface area (Å²) < 4.78 is 32.0. The van der Waals surface area contributed by atoms with E-state index in [1.807, 2.05) is 0 Å². The maximum absolute atomic E-state index is 12.0. The average molecular weight is 272 g/mol. The lowest BCUT2D eigenvalue weighted by Gasteiger charge is -2.19. The smallest absolute Gasteiger partial charge is 0.247 e. The van der Waals surface area contributed by atoms with Crippen molar-refractivity contribution in [1.29, 1.82) is 0 Å². The fourth-order valence-corrected chi connectivity index (χ4v) is 3.19. The third-order valence-corrected chi connectivity index (χ3v) is 4.49. The van der Waals surface area contributed by atoms with Gasteiger partial charge in [0.05, 0.1) is 11.0 Å². The van der Waals surface area contributed by atoms with Crippen LogP contribution in [0.5, 0.6) is 0 Å². The summed E-state index contributed by atoms with van der Waals surface area (Å²) in [6.07, 6.45) is 2.92. The third-order valence-electron chi connectivity index (χ3n) is 2.93. The summed E-state index contributed by atoms with van der Waals surface area (Å²) in [5.74, 6) is 0. The van der Waals surface area contributed by atoms with Crippen molar-refractivity contribution in [3.8, 4) is 0 Å². The van der Waals surface area contributed by atoms with Crippen LogP contribution < -0.4 is 10.3 Å². The Balaban J connectivity index is 2.11. The maximum atomic E-state index is 12.0. The van der Waals surface area contributed by atoms with Crippen molar-refractivity contribution in [2.24, 2.45) is 0 Å². The standard InChI is InChI=1S/C11H16N2O4S/c1-8(10-3-2-6-17-10)13-18(15,16)9-4-5-11(14)12-7-9/h4-5,7-8,10,13H,2-3,6H2,1H3,(H,12,14). The molecule has 0 bridgehead atoms. The number of sulfonamides is 1. The predicted octanol–water partition coefficient (Wildman–Crippen LogP) is 0.221. The van der Waals surface area contributed by atoms with Crippen LogP contribution in [0.1, 0.15) is 19.8 Å². The van der Waals surface area contributed by atoms with Gasteiger partial charge in [0.15, 0.2) is 0 Å². The van der Waals surface area contributed by atoms with Crippen molar-refractivity contribution in [3.63, 3.8) is 0 Å². The van der Waals surface area contributed by atoms with Gasteiger partial charge in [0, 0.05) is 24.9 Å². The Hall–Kier alpha value is -1.18. The molecule has 2 rings (SSSR count). The van der Waals surface area contributed by atoms with Crippen LogP contribution in [0, 0.1) is 0 Å². The van der Waals surface area contributed by atoms with Crippen LogP contribution in [0.3, 0.4) is 0 Å². The van der Waals surface area contributed by atoms with Gasteiger partial charge < -0.3 is 9.72 Å². The molecule has 1 aromatic heterocycles. The minimum Gasteiger partial charge on any atom is -0.377 e. The Bertz CT molecular complexity index is 540. The fraction of sp³-hybridized carbons (Fsp3) is 0.545. The molecule has 1 aliphatic heterocycles. The molecular weight excluding hydrogens is 256 g/mol. The van der Waals surface area contributed by atoms with E-state index in [-0.39, 0.29) is 22.6 Å². The zero-order chi connectivity index (χ0) is 13.2. The molecule has 0 aromatic carbocycles. The van der Waals surface area contributed by atoms with Crippen molar-refractivity contribution < 1.29 is 13.2 Å². The van der Waals surface area contributed by atoms with Crippen molar-refractivity contribution in [2.75, 3.05) is 6.61 Å². The second-order valence-electron chi connectivity index (χ2n) is 4.35. The maximum Gasteiger partial charge on any atom is 0.247 e. The van der Waals surface area contributed by atoms with Gasteiger partial charge in [0.1, 0.15) is 0 Å². The highest BCUT2D eigenvalue weighted by atomic mass is 32.2. The molecule has 0 spiro atoms. The normalized spacial score (nSPS) is 21.9. The molecule has 2 unspecified atom stereocenters. The van der Waals surface area contributed by atoms with Crippen LogP contribution in [-0.4, -0.2) is 32.2 Å². The first-order valence-electron chi connectivity index (χ1n) is 5.82. The largest absolute Gasteiger partial charge is 0.377 e. The van der Waals surface area contributed by atoms with Gasteiger partial charge in [-0.25, -0.2) is 13.1 Å². The lowest BCUT2D eigenvalue weighted by molar-refractivity contribution is 0.0902. The van der Waals surface area contributed by atoms with Crippen LogP contribution >= 0.6 is 0 Å². The number of aromatic amines is 1. The van der Waals surface area contributed by atoms with Crippen molar-refractivity contribution in [2.45, 2.75) is 36.8 Å². The number of ether oxygens (including phenoxy) is 1. The van der Waals surface area contributed by atoms with E-state index in [4.69, 9.17) is 4.74 Å². The number of aromatic nitrogens is 1. The molecule has 2 atom stereocenters. The molecule has 1 aliphatic rings. The summed E-state index contributed by atoms with van der Waals surface area (Å²) in [6, 6.07) is 2.18. The van der Waals surface area contributed by atoms with Gasteiger partial charge in [-0.3, -0.25) is 4.79 Å². The lowest BCUT2D eigenvalue weighted by Crippen LogP contribution is -2.40. The van der Waals surface area contributed by atoms with E-state index in [0.717, 1.165) is 12.8 Å². The molecule has 100 valence electrons. The molecule has 1 fully saturated rings. The molecule has 2 N–H and O–H groups in total. The first kappa shape index (κ1) is 13.3. The van der Waals surface area contributed by atoms with Crippen LogP contribution in [0.25, 0.3) is 0 Å². The SMILES string of the molecule is CC(NS(=O)(=O)c1ccc(=O)[nH]c1)C1CCCO1. The van der Waals surface area contributed by atoms with Gasteiger partial charge in [-0.1, -0.05) is 0 Å². The third kappa shape index (κ3) is 2.98. The predicted molar refractivity (Wildman–Crippen MR) is 65.8 cm³/mol. The van der Waals surface area contributed by atoms with E-state index in [1.54, 1.807) is 6.92 Å². The van der Waals surface area contributed by atoms with Crippen LogP contribution in [0.4, 0.5) is 0 Å². The Morgan fingerprint density at radius 1 is 1.50 bits per heavy atom. The van der Waals surface area contributed by atoms with Gasteiger partial charge in [0.2, 0.25) is 15.6 Å². The zero-order valence-electron chi connectivity index (χ0n) is 10.0. The van der Waals surface area contributed by atoms with Gasteiger partial charge in [-0.15, -0.1) is 0 Å². The molecule has 1 aromatic rings. The number of pyridine rings is 1. The van der Waals surface area contributed by atoms with Gasteiger partial charge in [0.25, 0.3) is 0 Å². The molecule has 18 heavy (non-hydrogen) atoms. The summed E-state index contributed by atoms with van der Waals surface area (Å²) >= 11 is 0. The van der Waals surface area contributed by atoms with E-state index in [0.29, 0.717) is 6.61 Å². The van der Waals surface area contributed by atoms with Gasteiger partial charge in [-0.05, 0) is 25.8 Å². The van der Waals surface area contributed by atoms with E-state index in [9.17, 15) is 13.2 Å². The van der Waals surface area contributed by atoms with Gasteiger partial charge >= 0.3 is 0 Å². The molecule has 2 heterocycles. The van der Waals surface area contributed by atoms with E-state index in [2.05, 4.69) is 9.71 Å². The van der Waals surface area contributed by atoms with Crippen LogP contribution in [0.15, 0.2) is 28.0 Å². The van der Waals surface area contributed by atoms with Crippen LogP contribution in [0.2, 0.25) is 0 Å². The molecule has 6 nitrogen and oxygen atoms in total. The van der Waals surface area contributed by atoms with Crippen molar-refractivity contribution in [3.05, 3.63) is 28.7 Å². The Morgan fingerprint density at radius 3 is 2.83 bits per heavy atom. The highest BCUT2D eigenvalue weighted by Gasteiger charge is 2.26. The minimum atomic E-state index is -3.61. The highest BCUT2D eigenvalue weighted by molar-refractivity contribution is 7.89. The Morgan fingerprint density at radius 2 is 2.28 bits per heavy atom. The second-order valence-corrected chi connectivity index (χ2v) is 6.06. The first-order chi connectivity index (χ1) is 8.49. The average Bonchev–Trinajstić information content (AvgIpc) is 2.82. The quantitative estimate of drug-likeness (QED) is 0.820. The molecule has 0 amide bonds. The molecular formula is C11H16N2O4S. The number of hydrogen-bond acceptors (Lipinski definition) is 4. The van der Waals surface area contributed by atoms with E-state index in [1.165, 1.54) is 18.3 Å². The number of nitrogens with one attached hydrogen (secondary N) is 2. The summed E-state index contributed by atoms with van der Waals surface area (Å²) in [5.41, 5.74) is -0.332. The Kier molecular flexibility index (Phi) is 3.84. The number of hydrogen-bond donors (Lipinski definition) is 2. The van der Waals surface area contributed by atoms with E-state index < -0.39 is 10.0 Å².